The number of benzene rings is 1. The van der Waals surface area contributed by atoms with Crippen LogP contribution in [0.4, 0.5) is 10.6 Å². The van der Waals surface area contributed by atoms with Gasteiger partial charge in [0.25, 0.3) is 0 Å². The highest BCUT2D eigenvalue weighted by atomic mass is 16.6. The molecule has 2 aromatic rings. The van der Waals surface area contributed by atoms with Gasteiger partial charge in [0.2, 0.25) is 0 Å². The Balaban J connectivity index is 1.79. The van der Waals surface area contributed by atoms with E-state index in [-0.39, 0.29) is 12.6 Å². The molecule has 1 amide bonds. The van der Waals surface area contributed by atoms with Crippen LogP contribution >= 0.6 is 0 Å². The number of pyridine rings is 1. The van der Waals surface area contributed by atoms with Crippen LogP contribution < -0.4 is 4.90 Å². The summed E-state index contributed by atoms with van der Waals surface area (Å²) in [6.45, 7) is 2.09. The van der Waals surface area contributed by atoms with Crippen molar-refractivity contribution < 1.29 is 19.4 Å². The summed E-state index contributed by atoms with van der Waals surface area (Å²) in [6.07, 6.45) is 3.75. The standard InChI is InChI=1S/C21H24N2O4/c1-15-10-11-19(22-13-15)23(18-9-5-8-17(12-18)20(24)25)21(26)27-14-16-6-3-2-4-7-16/h2-4,6-7,10-11,13,17-18H,5,8-9,12,14H2,1H3,(H,24,25)/t17-,18+/m1/s1. The van der Waals surface area contributed by atoms with Gasteiger partial charge in [-0.2, -0.15) is 0 Å². The Labute approximate surface area is 158 Å². The topological polar surface area (TPSA) is 79.7 Å². The van der Waals surface area contributed by atoms with Crippen molar-refractivity contribution in [1.29, 1.82) is 0 Å². The fourth-order valence-corrected chi connectivity index (χ4v) is 3.44. The van der Waals surface area contributed by atoms with Crippen LogP contribution in [0.2, 0.25) is 0 Å². The minimum Gasteiger partial charge on any atom is -0.481 e. The second-order valence-electron chi connectivity index (χ2n) is 6.96. The zero-order chi connectivity index (χ0) is 19.2. The Kier molecular flexibility index (Phi) is 6.06. The van der Waals surface area contributed by atoms with Crippen LogP contribution in [0.5, 0.6) is 0 Å². The number of nitrogens with zero attached hydrogens (tertiary/aromatic N) is 2. The summed E-state index contributed by atoms with van der Waals surface area (Å²) in [6, 6.07) is 12.9. The van der Waals surface area contributed by atoms with E-state index in [0.29, 0.717) is 18.7 Å². The van der Waals surface area contributed by atoms with Crippen molar-refractivity contribution >= 4 is 17.9 Å². The van der Waals surface area contributed by atoms with Gasteiger partial charge in [-0.25, -0.2) is 9.78 Å². The molecule has 6 nitrogen and oxygen atoms in total. The molecule has 1 saturated carbocycles. The first kappa shape index (κ1) is 18.9. The molecule has 0 saturated heterocycles. The molecule has 1 aliphatic rings. The molecule has 1 aromatic carbocycles. The third-order valence-corrected chi connectivity index (χ3v) is 4.91. The number of hydrogen-bond acceptors (Lipinski definition) is 4. The Morgan fingerprint density at radius 2 is 1.96 bits per heavy atom. The molecule has 0 radical (unpaired) electrons. The van der Waals surface area contributed by atoms with Crippen LogP contribution in [0.25, 0.3) is 0 Å². The average Bonchev–Trinajstić information content (AvgIpc) is 2.69. The summed E-state index contributed by atoms with van der Waals surface area (Å²) in [5.41, 5.74) is 1.89. The Morgan fingerprint density at radius 3 is 2.63 bits per heavy atom. The van der Waals surface area contributed by atoms with Crippen LogP contribution in [-0.4, -0.2) is 28.2 Å². The van der Waals surface area contributed by atoms with Crippen molar-refractivity contribution in [3.8, 4) is 0 Å². The number of aliphatic carboxylic acids is 1. The SMILES string of the molecule is Cc1ccc(N(C(=O)OCc2ccccc2)[C@H]2CCC[C@@H](C(=O)O)C2)nc1. The quantitative estimate of drug-likeness (QED) is 0.856. The predicted octanol–water partition coefficient (Wildman–Crippen LogP) is 4.18. The highest BCUT2D eigenvalue weighted by molar-refractivity contribution is 5.87. The molecule has 1 heterocycles. The molecule has 0 bridgehead atoms. The van der Waals surface area contributed by atoms with Crippen LogP contribution in [0.1, 0.15) is 36.8 Å². The zero-order valence-electron chi connectivity index (χ0n) is 15.4. The van der Waals surface area contributed by atoms with Crippen molar-refractivity contribution in [2.75, 3.05) is 4.90 Å². The average molecular weight is 368 g/mol. The third-order valence-electron chi connectivity index (χ3n) is 4.91. The molecule has 1 fully saturated rings. The molecule has 0 aliphatic heterocycles. The molecule has 2 atom stereocenters. The van der Waals surface area contributed by atoms with Gasteiger partial charge in [0.15, 0.2) is 0 Å². The minimum absolute atomic E-state index is 0.164. The number of hydrogen-bond donors (Lipinski definition) is 1. The first-order valence-corrected chi connectivity index (χ1v) is 9.20. The first-order valence-electron chi connectivity index (χ1n) is 9.20. The van der Waals surface area contributed by atoms with E-state index in [1.165, 1.54) is 4.90 Å². The minimum atomic E-state index is -0.811. The second-order valence-corrected chi connectivity index (χ2v) is 6.96. The van der Waals surface area contributed by atoms with E-state index in [1.54, 1.807) is 12.3 Å². The Hall–Kier alpha value is -2.89. The van der Waals surface area contributed by atoms with Crippen LogP contribution in [0.3, 0.4) is 0 Å². The van der Waals surface area contributed by atoms with Crippen molar-refractivity contribution in [2.24, 2.45) is 5.92 Å². The zero-order valence-corrected chi connectivity index (χ0v) is 15.4. The first-order chi connectivity index (χ1) is 13.0. The number of ether oxygens (including phenoxy) is 1. The Morgan fingerprint density at radius 1 is 1.19 bits per heavy atom. The van der Waals surface area contributed by atoms with Gasteiger partial charge in [0.05, 0.1) is 5.92 Å². The highest BCUT2D eigenvalue weighted by Gasteiger charge is 2.35. The summed E-state index contributed by atoms with van der Waals surface area (Å²) >= 11 is 0. The number of aryl methyl sites for hydroxylation is 1. The molecule has 142 valence electrons. The van der Waals surface area contributed by atoms with Gasteiger partial charge in [-0.1, -0.05) is 42.8 Å². The van der Waals surface area contributed by atoms with Crippen molar-refractivity contribution in [1.82, 2.24) is 4.98 Å². The van der Waals surface area contributed by atoms with Crippen LogP contribution in [0.15, 0.2) is 48.7 Å². The van der Waals surface area contributed by atoms with Gasteiger partial charge in [0, 0.05) is 12.2 Å². The summed E-state index contributed by atoms with van der Waals surface area (Å²) in [7, 11) is 0. The molecule has 1 aromatic heterocycles. The van der Waals surface area contributed by atoms with Crippen molar-refractivity contribution in [2.45, 2.75) is 45.3 Å². The lowest BCUT2D eigenvalue weighted by Crippen LogP contribution is -2.45. The van der Waals surface area contributed by atoms with Crippen molar-refractivity contribution in [3.05, 3.63) is 59.8 Å². The van der Waals surface area contributed by atoms with E-state index in [4.69, 9.17) is 4.74 Å². The van der Waals surface area contributed by atoms with E-state index >= 15 is 0 Å². The van der Waals surface area contributed by atoms with Crippen LogP contribution in [0, 0.1) is 12.8 Å². The molecule has 3 rings (SSSR count). The van der Waals surface area contributed by atoms with E-state index in [2.05, 4.69) is 4.98 Å². The smallest absolute Gasteiger partial charge is 0.416 e. The maximum atomic E-state index is 12.9. The molecule has 1 N–H and O–H groups in total. The molecule has 0 spiro atoms. The number of carboxylic acids is 1. The predicted molar refractivity (Wildman–Crippen MR) is 101 cm³/mol. The monoisotopic (exact) mass is 368 g/mol. The molecular weight excluding hydrogens is 344 g/mol. The number of aromatic nitrogens is 1. The maximum Gasteiger partial charge on any atom is 0.416 e. The lowest BCUT2D eigenvalue weighted by molar-refractivity contribution is -0.142. The molecule has 27 heavy (non-hydrogen) atoms. The highest BCUT2D eigenvalue weighted by Crippen LogP contribution is 2.31. The van der Waals surface area contributed by atoms with Gasteiger partial charge in [0.1, 0.15) is 12.4 Å². The fraction of sp³-hybridized carbons (Fsp3) is 0.381. The van der Waals surface area contributed by atoms with Gasteiger partial charge in [-0.15, -0.1) is 0 Å². The van der Waals surface area contributed by atoms with E-state index in [1.807, 2.05) is 43.3 Å². The van der Waals surface area contributed by atoms with Crippen molar-refractivity contribution in [3.63, 3.8) is 0 Å². The number of carbonyl (C=O) groups is 2. The van der Waals surface area contributed by atoms with Crippen LogP contribution in [-0.2, 0) is 16.1 Å². The van der Waals surface area contributed by atoms with Gasteiger partial charge < -0.3 is 9.84 Å². The van der Waals surface area contributed by atoms with E-state index in [9.17, 15) is 14.7 Å². The maximum absolute atomic E-state index is 12.9. The van der Waals surface area contributed by atoms with Gasteiger partial charge >= 0.3 is 12.1 Å². The molecule has 0 unspecified atom stereocenters. The number of rotatable bonds is 5. The lowest BCUT2D eigenvalue weighted by Gasteiger charge is -2.35. The second kappa shape index (κ2) is 8.66. The molecular formula is C21H24N2O4. The molecule has 1 aliphatic carbocycles. The summed E-state index contributed by atoms with van der Waals surface area (Å²) in [4.78, 5) is 30.2. The normalized spacial score (nSPS) is 19.3. The van der Waals surface area contributed by atoms with Gasteiger partial charge in [-0.05, 0) is 43.4 Å². The number of anilines is 1. The fourth-order valence-electron chi connectivity index (χ4n) is 3.44. The Bertz CT molecular complexity index is 777. The summed E-state index contributed by atoms with van der Waals surface area (Å²) < 4.78 is 5.52. The lowest BCUT2D eigenvalue weighted by atomic mass is 9.85. The summed E-state index contributed by atoms with van der Waals surface area (Å²) in [5, 5.41) is 9.39. The third kappa shape index (κ3) is 4.84. The largest absolute Gasteiger partial charge is 0.481 e. The van der Waals surface area contributed by atoms with E-state index in [0.717, 1.165) is 24.0 Å². The number of amides is 1. The van der Waals surface area contributed by atoms with Gasteiger partial charge in [-0.3, -0.25) is 9.69 Å². The molecule has 6 heteroatoms. The van der Waals surface area contributed by atoms with E-state index < -0.39 is 18.0 Å². The summed E-state index contributed by atoms with van der Waals surface area (Å²) in [5.74, 6) is -0.762. The number of carbonyl (C=O) groups excluding carboxylic acids is 1. The number of carboxylic acid groups (broad SMARTS) is 1.